The number of hydrogen-bond donors (Lipinski definition) is 8. The van der Waals surface area contributed by atoms with Crippen LogP contribution in [-0.2, 0) is 14.2 Å². The first-order chi connectivity index (χ1) is 11.6. The molecule has 0 aromatic carbocycles. The van der Waals surface area contributed by atoms with E-state index in [1.165, 1.54) is 0 Å². The zero-order chi connectivity index (χ0) is 20.5. The van der Waals surface area contributed by atoms with Crippen LogP contribution in [0.4, 0.5) is 0 Å². The van der Waals surface area contributed by atoms with E-state index in [1.807, 2.05) is 0 Å². The largest absolute Gasteiger partial charge is 0.472 e. The molecule has 17 nitrogen and oxygen atoms in total. The monoisotopic (exact) mass is 528 g/mol. The average Bonchev–Trinajstić information content (AvgIpc) is 2.44. The Labute approximate surface area is 178 Å². The Morgan fingerprint density at radius 2 is 0.654 bits per heavy atom. The number of rotatable bonds is 10. The third-order valence-electron chi connectivity index (χ3n) is 1.22. The summed E-state index contributed by atoms with van der Waals surface area (Å²) in [5, 5.41) is 54.3. The molecule has 0 fully saturated rings. The minimum Gasteiger partial charge on any atom is -0.394 e. The van der Waals surface area contributed by atoms with Gasteiger partial charge in [0.05, 0.1) is 52.9 Å². The number of hydrogen-bond acceptors (Lipinski definition) is 8. The zero-order valence-electron chi connectivity index (χ0n) is 13.5. The number of ether oxygens (including phenoxy) is 3. The maximum Gasteiger partial charge on any atom is 0.472 e. The van der Waals surface area contributed by atoms with Gasteiger partial charge in [-0.1, -0.05) is 0 Å². The summed E-state index contributed by atoms with van der Waals surface area (Å²) in [4.78, 5) is 25.4. The molecule has 0 saturated heterocycles. The molecular weight excluding hydrogens is 506 g/mol. The van der Waals surface area contributed by atoms with Crippen molar-refractivity contribution in [1.82, 2.24) is 0 Å². The normalized spacial score (nSPS) is 8.08. The molecular formula is C8H24N3NdO14+3. The van der Waals surface area contributed by atoms with Gasteiger partial charge in [-0.15, -0.1) is 0 Å². The fraction of sp³-hybridized carbons (Fsp3) is 1.00. The smallest absolute Gasteiger partial charge is 0.394 e. The predicted octanol–water partition coefficient (Wildman–Crippen LogP) is -2.35. The van der Waals surface area contributed by atoms with E-state index in [2.05, 4.69) is 0 Å². The van der Waals surface area contributed by atoms with Crippen LogP contribution in [0.25, 0.3) is 0 Å². The second-order valence-electron chi connectivity index (χ2n) is 3.04. The van der Waals surface area contributed by atoms with Crippen molar-refractivity contribution >= 4 is 0 Å². The van der Waals surface area contributed by atoms with Crippen LogP contribution in [0.2, 0.25) is 0 Å². The van der Waals surface area contributed by atoms with Crippen LogP contribution in [0.15, 0.2) is 0 Å². The van der Waals surface area contributed by atoms with E-state index in [4.69, 9.17) is 70.4 Å². The quantitative estimate of drug-likeness (QED) is 0.109. The number of nitrogens with zero attached hydrogens (tertiary/aromatic N) is 3. The van der Waals surface area contributed by atoms with Crippen molar-refractivity contribution in [2.24, 2.45) is 0 Å². The number of aliphatic hydroxyl groups excluding tert-OH is 2. The van der Waals surface area contributed by atoms with Crippen molar-refractivity contribution in [3.63, 3.8) is 0 Å². The first-order valence-electron chi connectivity index (χ1n) is 6.11. The molecule has 0 aliphatic rings. The summed E-state index contributed by atoms with van der Waals surface area (Å²) in [5.41, 5.74) is 0. The van der Waals surface area contributed by atoms with Crippen LogP contribution in [0, 0.1) is 55.6 Å². The molecule has 0 atom stereocenters. The van der Waals surface area contributed by atoms with Crippen molar-refractivity contribution in [1.29, 1.82) is 0 Å². The Balaban J connectivity index is -0.0000000933. The molecule has 0 radical (unpaired) electrons. The van der Waals surface area contributed by atoms with E-state index in [0.717, 1.165) is 0 Å². The summed E-state index contributed by atoms with van der Waals surface area (Å²) in [6.07, 6.45) is 0. The minimum absolute atomic E-state index is 0. The fourth-order valence-corrected chi connectivity index (χ4v) is 0.671. The van der Waals surface area contributed by atoms with Crippen molar-refractivity contribution in [2.75, 3.05) is 52.9 Å². The molecule has 0 aromatic rings. The van der Waals surface area contributed by atoms with Crippen LogP contribution in [0.3, 0.4) is 0 Å². The first-order valence-corrected chi connectivity index (χ1v) is 6.11. The van der Waals surface area contributed by atoms with Gasteiger partial charge in [-0.2, -0.15) is 0 Å². The van der Waals surface area contributed by atoms with Gasteiger partial charge in [0.2, 0.25) is 0 Å². The molecule has 0 aliphatic carbocycles. The van der Waals surface area contributed by atoms with Crippen molar-refractivity contribution in [3.8, 4) is 0 Å². The van der Waals surface area contributed by atoms with E-state index in [9.17, 15) is 0 Å². The van der Waals surface area contributed by atoms with Gasteiger partial charge in [-0.25, -0.2) is 31.2 Å². The van der Waals surface area contributed by atoms with Crippen LogP contribution >= 0.6 is 0 Å². The molecule has 0 aliphatic heterocycles. The molecule has 0 aromatic heterocycles. The van der Waals surface area contributed by atoms with Gasteiger partial charge in [0.25, 0.3) is 0 Å². The van der Waals surface area contributed by atoms with Gasteiger partial charge in [-0.05, 0) is 0 Å². The van der Waals surface area contributed by atoms with Crippen LogP contribution < -0.4 is 0 Å². The third-order valence-corrected chi connectivity index (χ3v) is 1.22. The van der Waals surface area contributed by atoms with Gasteiger partial charge in [-0.3, -0.25) is 0 Å². The molecule has 156 valence electrons. The van der Waals surface area contributed by atoms with E-state index < -0.39 is 15.3 Å². The molecule has 0 rings (SSSR count). The van der Waals surface area contributed by atoms with Crippen molar-refractivity contribution < 1.29 is 112 Å². The standard InChI is InChI=1S/C8H18O5.3H2NO3.Nd/c9-1-3-11-5-7-13-8-6-12-4-2-10;3*2-1(3)4;/h9-10H,1-8H2;3*(H2,2,3,4);/q;3*+1;. The second kappa shape index (κ2) is 35.0. The Kier molecular flexibility index (Phi) is 48.1. The Morgan fingerprint density at radius 3 is 0.808 bits per heavy atom. The number of aliphatic hydroxyl groups is 2. The zero-order valence-corrected chi connectivity index (χ0v) is 16.7. The summed E-state index contributed by atoms with van der Waals surface area (Å²) in [6.45, 7) is 2.76. The van der Waals surface area contributed by atoms with E-state index in [0.29, 0.717) is 39.6 Å². The summed E-state index contributed by atoms with van der Waals surface area (Å²) in [6, 6.07) is 0. The fourth-order valence-electron chi connectivity index (χ4n) is 0.671. The van der Waals surface area contributed by atoms with Gasteiger partial charge in [0.1, 0.15) is 14.7 Å². The molecule has 0 spiro atoms. The molecule has 8 N–H and O–H groups in total. The van der Waals surface area contributed by atoms with Gasteiger partial charge >= 0.3 is 15.3 Å². The molecule has 0 unspecified atom stereocenters. The molecule has 18 heteroatoms. The Bertz CT molecular complexity index is 259. The van der Waals surface area contributed by atoms with Crippen molar-refractivity contribution in [3.05, 3.63) is 14.7 Å². The third kappa shape index (κ3) is 141. The van der Waals surface area contributed by atoms with Crippen LogP contribution in [0.5, 0.6) is 0 Å². The molecule has 0 heterocycles. The van der Waals surface area contributed by atoms with Gasteiger partial charge < -0.3 is 24.4 Å². The topological polar surface area (TPSA) is 250 Å². The molecule has 0 amide bonds. The molecule has 0 bridgehead atoms. The van der Waals surface area contributed by atoms with E-state index in [1.54, 1.807) is 0 Å². The summed E-state index contributed by atoms with van der Waals surface area (Å²) in [7, 11) is 0. The Hall–Kier alpha value is -1.25. The molecule has 0 saturated carbocycles. The van der Waals surface area contributed by atoms with Crippen LogP contribution in [-0.4, -0.2) is 110 Å². The Morgan fingerprint density at radius 1 is 0.500 bits per heavy atom. The van der Waals surface area contributed by atoms with E-state index >= 15 is 0 Å². The minimum atomic E-state index is -1.25. The second-order valence-corrected chi connectivity index (χ2v) is 3.04. The average molecular weight is 531 g/mol. The van der Waals surface area contributed by atoms with E-state index in [-0.39, 0.29) is 54.1 Å². The van der Waals surface area contributed by atoms with Crippen LogP contribution in [0.1, 0.15) is 0 Å². The first kappa shape index (κ1) is 35.8. The summed E-state index contributed by atoms with van der Waals surface area (Å²) in [5.74, 6) is 0. The summed E-state index contributed by atoms with van der Waals surface area (Å²) < 4.78 is 15.0. The maximum absolute atomic E-state index is 8.47. The van der Waals surface area contributed by atoms with Crippen molar-refractivity contribution in [2.45, 2.75) is 0 Å². The predicted molar refractivity (Wildman–Crippen MR) is 68.2 cm³/mol. The SMILES string of the molecule is O=[N+](O)O.O=[N+](O)O.O=[N+](O)O.OCCOCCOCCOCCO.[Nd]. The summed E-state index contributed by atoms with van der Waals surface area (Å²) >= 11 is 0. The van der Waals surface area contributed by atoms with Gasteiger partial charge in [0.15, 0.2) is 0 Å². The maximum atomic E-state index is 8.47. The molecule has 26 heavy (non-hydrogen) atoms. The van der Waals surface area contributed by atoms with Gasteiger partial charge in [0, 0.05) is 40.8 Å².